The SMILES string of the molecule is CC.CSCCNCCNCc1ccc(OCc2cccc(-c3ccc4c(c3)OCCO4)c2C#N)cc1OCc1cncc(C#N)c1.NC=O. The van der Waals surface area contributed by atoms with Gasteiger partial charge in [-0.2, -0.15) is 22.3 Å². The van der Waals surface area contributed by atoms with E-state index in [1.807, 2.05) is 80.2 Å². The summed E-state index contributed by atoms with van der Waals surface area (Å²) in [5.74, 6) is 3.75. The molecule has 1 aliphatic rings. The van der Waals surface area contributed by atoms with E-state index in [0.717, 1.165) is 53.2 Å². The minimum Gasteiger partial charge on any atom is -0.489 e. The lowest BCUT2D eigenvalue weighted by atomic mass is 9.96. The van der Waals surface area contributed by atoms with E-state index >= 15 is 0 Å². The van der Waals surface area contributed by atoms with Gasteiger partial charge in [-0.25, -0.2) is 0 Å². The van der Waals surface area contributed by atoms with Gasteiger partial charge in [0, 0.05) is 67.1 Å². The van der Waals surface area contributed by atoms with Crippen molar-refractivity contribution in [3.8, 4) is 46.3 Å². The van der Waals surface area contributed by atoms with Gasteiger partial charge in [0.15, 0.2) is 11.5 Å². The number of nitriles is 2. The Balaban J connectivity index is 0.00000128. The van der Waals surface area contributed by atoms with Gasteiger partial charge in [-0.3, -0.25) is 9.78 Å². The summed E-state index contributed by atoms with van der Waals surface area (Å²) >= 11 is 1.82. The van der Waals surface area contributed by atoms with Gasteiger partial charge in [0.05, 0.1) is 11.1 Å². The summed E-state index contributed by atoms with van der Waals surface area (Å²) in [7, 11) is 0. The van der Waals surface area contributed by atoms with Crippen molar-refractivity contribution in [3.63, 3.8) is 0 Å². The number of nitrogens with one attached hydrogen (secondary N) is 2. The number of rotatable bonds is 15. The average molecular weight is 697 g/mol. The van der Waals surface area contributed by atoms with E-state index in [9.17, 15) is 10.5 Å². The summed E-state index contributed by atoms with van der Waals surface area (Å²) in [4.78, 5) is 12.7. The molecule has 11 nitrogen and oxygen atoms in total. The Morgan fingerprint density at radius 3 is 2.44 bits per heavy atom. The molecule has 0 spiro atoms. The molecule has 0 saturated heterocycles. The van der Waals surface area contributed by atoms with Crippen LogP contribution in [0, 0.1) is 22.7 Å². The maximum absolute atomic E-state index is 10.1. The molecule has 12 heteroatoms. The zero-order valence-corrected chi connectivity index (χ0v) is 29.6. The highest BCUT2D eigenvalue weighted by Gasteiger charge is 2.16. The highest BCUT2D eigenvalue weighted by Crippen LogP contribution is 2.36. The number of fused-ring (bicyclic) bond motifs is 1. The minimum absolute atomic E-state index is 0.203. The van der Waals surface area contributed by atoms with Crippen molar-refractivity contribution in [2.24, 2.45) is 5.73 Å². The van der Waals surface area contributed by atoms with Crippen molar-refractivity contribution in [2.45, 2.75) is 33.6 Å². The van der Waals surface area contributed by atoms with Gasteiger partial charge in [-0.15, -0.1) is 0 Å². The standard InChI is InChI=1S/C35H35N5O4S.C2H6.CH3NO/c1-45-14-11-38-9-10-39-22-28-5-7-30(17-34(28)44-23-26-15-25(18-36)20-40-21-26)43-24-29-3-2-4-31(32(29)19-37)27-6-8-33-35(16-27)42-13-12-41-33;1-2;2-1-3/h2-8,15-17,20-21,38-39H,9-14,22-24H2,1H3;1-2H3;1H,(H2,2,3). The third-order valence-corrected chi connectivity index (χ3v) is 7.76. The molecule has 0 radical (unpaired) electrons. The number of benzene rings is 3. The summed E-state index contributed by atoms with van der Waals surface area (Å²) in [5, 5.41) is 26.3. The fourth-order valence-electron chi connectivity index (χ4n) is 4.86. The summed E-state index contributed by atoms with van der Waals surface area (Å²) in [5.41, 5.74) is 9.42. The Morgan fingerprint density at radius 2 is 1.68 bits per heavy atom. The van der Waals surface area contributed by atoms with Crippen molar-refractivity contribution in [3.05, 3.63) is 101 Å². The van der Waals surface area contributed by atoms with Crippen LogP contribution in [0.3, 0.4) is 0 Å². The third-order valence-electron chi connectivity index (χ3n) is 7.14. The van der Waals surface area contributed by atoms with Gasteiger partial charge < -0.3 is 35.3 Å². The largest absolute Gasteiger partial charge is 0.489 e. The van der Waals surface area contributed by atoms with Gasteiger partial charge in [-0.1, -0.05) is 44.2 Å². The second-order valence-corrected chi connectivity index (χ2v) is 11.4. The molecule has 5 rings (SSSR count). The third kappa shape index (κ3) is 12.0. The van der Waals surface area contributed by atoms with Crippen molar-refractivity contribution < 1.29 is 23.7 Å². The number of carbonyl (C=O) groups is 1. The monoisotopic (exact) mass is 696 g/mol. The lowest BCUT2D eigenvalue weighted by Gasteiger charge is -2.19. The molecule has 4 N–H and O–H groups in total. The zero-order chi connectivity index (χ0) is 36.0. The molecule has 4 aromatic rings. The topological polar surface area (TPSA) is 165 Å². The summed E-state index contributed by atoms with van der Waals surface area (Å²) in [6.45, 7) is 8.76. The van der Waals surface area contributed by atoms with E-state index in [4.69, 9.17) is 23.7 Å². The molecule has 262 valence electrons. The first-order valence-corrected chi connectivity index (χ1v) is 17.7. The van der Waals surface area contributed by atoms with E-state index in [1.165, 1.54) is 6.20 Å². The molecule has 0 aliphatic carbocycles. The fourth-order valence-corrected chi connectivity index (χ4v) is 5.21. The molecule has 0 unspecified atom stereocenters. The van der Waals surface area contributed by atoms with Crippen molar-refractivity contribution >= 4 is 18.2 Å². The Labute approximate surface area is 298 Å². The van der Waals surface area contributed by atoms with Crippen LogP contribution in [0.2, 0.25) is 0 Å². The van der Waals surface area contributed by atoms with Crippen LogP contribution in [0.15, 0.2) is 73.1 Å². The molecule has 1 aliphatic heterocycles. The normalized spacial score (nSPS) is 11.0. The quantitative estimate of drug-likeness (QED) is 0.105. The molecule has 0 bridgehead atoms. The Morgan fingerprint density at radius 1 is 0.900 bits per heavy atom. The summed E-state index contributed by atoms with van der Waals surface area (Å²) in [6.07, 6.45) is 5.57. The van der Waals surface area contributed by atoms with Crippen LogP contribution in [0.5, 0.6) is 23.0 Å². The van der Waals surface area contributed by atoms with Crippen molar-refractivity contribution in [1.29, 1.82) is 10.5 Å². The predicted molar refractivity (Wildman–Crippen MR) is 196 cm³/mol. The lowest BCUT2D eigenvalue weighted by molar-refractivity contribution is -0.106. The zero-order valence-electron chi connectivity index (χ0n) is 28.7. The second kappa shape index (κ2) is 22.4. The number of nitrogens with two attached hydrogens (primary N) is 1. The number of aromatic nitrogens is 1. The predicted octanol–water partition coefficient (Wildman–Crippen LogP) is 5.59. The molecular weight excluding hydrogens is 653 g/mol. The van der Waals surface area contributed by atoms with Gasteiger partial charge in [0.25, 0.3) is 0 Å². The molecule has 0 atom stereocenters. The second-order valence-electron chi connectivity index (χ2n) is 10.4. The number of carbonyl (C=O) groups excluding carboxylic acids is 1. The Kier molecular flexibility index (Phi) is 17.5. The van der Waals surface area contributed by atoms with Crippen LogP contribution < -0.4 is 35.3 Å². The molecule has 0 fully saturated rings. The molecule has 2 heterocycles. The number of hydrogen-bond acceptors (Lipinski definition) is 11. The van der Waals surface area contributed by atoms with E-state index in [1.54, 1.807) is 12.3 Å². The molecule has 1 aromatic heterocycles. The lowest BCUT2D eigenvalue weighted by Crippen LogP contribution is -2.28. The maximum atomic E-state index is 10.1. The number of primary amides is 1. The highest BCUT2D eigenvalue weighted by atomic mass is 32.2. The van der Waals surface area contributed by atoms with E-state index in [2.05, 4.69) is 39.7 Å². The van der Waals surface area contributed by atoms with Crippen LogP contribution in [0.25, 0.3) is 11.1 Å². The van der Waals surface area contributed by atoms with Crippen LogP contribution >= 0.6 is 11.8 Å². The highest BCUT2D eigenvalue weighted by molar-refractivity contribution is 7.98. The Bertz CT molecular complexity index is 1740. The van der Waals surface area contributed by atoms with Gasteiger partial charge in [0.2, 0.25) is 6.41 Å². The number of pyridine rings is 1. The number of nitrogens with zero attached hydrogens (tertiary/aromatic N) is 3. The molecule has 0 saturated carbocycles. The van der Waals surface area contributed by atoms with Crippen LogP contribution in [-0.4, -0.2) is 56.3 Å². The molecule has 50 heavy (non-hydrogen) atoms. The minimum atomic E-state index is 0.203. The Hall–Kier alpha value is -5.27. The van der Waals surface area contributed by atoms with Crippen molar-refractivity contribution in [1.82, 2.24) is 15.6 Å². The van der Waals surface area contributed by atoms with Crippen LogP contribution in [0.1, 0.15) is 41.7 Å². The van der Waals surface area contributed by atoms with Crippen molar-refractivity contribution in [2.75, 3.05) is 44.9 Å². The smallest absolute Gasteiger partial charge is 0.204 e. The molecule has 1 amide bonds. The number of hydrogen-bond donors (Lipinski definition) is 3. The van der Waals surface area contributed by atoms with Crippen LogP contribution in [-0.2, 0) is 24.6 Å². The van der Waals surface area contributed by atoms with E-state index in [0.29, 0.717) is 53.9 Å². The first-order valence-electron chi connectivity index (χ1n) is 16.3. The number of ether oxygens (including phenoxy) is 4. The molecule has 3 aromatic carbocycles. The number of thioether (sulfide) groups is 1. The summed E-state index contributed by atoms with van der Waals surface area (Å²) in [6, 6.07) is 23.5. The van der Waals surface area contributed by atoms with Gasteiger partial charge in [-0.05, 0) is 41.6 Å². The maximum Gasteiger partial charge on any atom is 0.204 e. The van der Waals surface area contributed by atoms with E-state index in [-0.39, 0.29) is 19.6 Å². The number of amides is 1. The average Bonchev–Trinajstić information content (AvgIpc) is 3.17. The first-order chi connectivity index (χ1) is 24.6. The fraction of sp³-hybridized carbons (Fsp3) is 0.316. The van der Waals surface area contributed by atoms with Gasteiger partial charge in [0.1, 0.15) is 50.1 Å². The van der Waals surface area contributed by atoms with Gasteiger partial charge >= 0.3 is 0 Å². The van der Waals surface area contributed by atoms with Crippen LogP contribution in [0.4, 0.5) is 0 Å². The first kappa shape index (κ1) is 39.2. The molecular formula is C38H44N6O5S. The van der Waals surface area contributed by atoms with E-state index < -0.39 is 0 Å². The summed E-state index contributed by atoms with van der Waals surface area (Å²) < 4.78 is 23.9.